The molecule has 0 bridgehead atoms. The Bertz CT molecular complexity index is 3280. The molecule has 0 unspecified atom stereocenters. The summed E-state index contributed by atoms with van der Waals surface area (Å²) in [5.41, 5.74) is 21.5. The van der Waals surface area contributed by atoms with Gasteiger partial charge in [-0.15, -0.1) is 0 Å². The molecule has 64 heavy (non-hydrogen) atoms. The van der Waals surface area contributed by atoms with E-state index in [1.807, 2.05) is 6.07 Å². The molecular weight excluding hydrogens is 775 g/mol. The van der Waals surface area contributed by atoms with Gasteiger partial charge in [-0.2, -0.15) is 0 Å². The smallest absolute Gasteiger partial charge is 0.252 e. The van der Waals surface area contributed by atoms with Gasteiger partial charge in [-0.25, -0.2) is 0 Å². The minimum atomic E-state index is -0.0556. The molecule has 0 spiro atoms. The van der Waals surface area contributed by atoms with Crippen LogP contribution >= 0.6 is 0 Å². The van der Waals surface area contributed by atoms with Crippen LogP contribution in [0.15, 0.2) is 174 Å². The summed E-state index contributed by atoms with van der Waals surface area (Å²) in [6, 6.07) is 63.7. The van der Waals surface area contributed by atoms with Crippen LogP contribution in [-0.2, 0) is 16.2 Å². The Labute approximate surface area is 379 Å². The zero-order chi connectivity index (χ0) is 44.3. The predicted molar refractivity (Wildman–Crippen MR) is 275 cm³/mol. The molecule has 8 aromatic carbocycles. The molecule has 4 heteroatoms. The van der Waals surface area contributed by atoms with Crippen molar-refractivity contribution in [3.05, 3.63) is 187 Å². The molecule has 0 aliphatic carbocycles. The molecule has 0 radical (unpaired) electrons. The van der Waals surface area contributed by atoms with Crippen molar-refractivity contribution in [3.8, 4) is 22.3 Å². The summed E-state index contributed by atoms with van der Waals surface area (Å²) in [6.07, 6.45) is 0. The third kappa shape index (κ3) is 6.49. The number of anilines is 6. The Kier molecular flexibility index (Phi) is 8.99. The normalized spacial score (nSPS) is 13.6. The fourth-order valence-electron chi connectivity index (χ4n) is 10.2. The van der Waals surface area contributed by atoms with Crippen LogP contribution in [0.2, 0.25) is 0 Å². The number of rotatable bonds is 4. The highest BCUT2D eigenvalue weighted by Gasteiger charge is 2.44. The van der Waals surface area contributed by atoms with Crippen molar-refractivity contribution in [1.82, 2.24) is 0 Å². The topological polar surface area (TPSA) is 19.6 Å². The maximum Gasteiger partial charge on any atom is 0.252 e. The lowest BCUT2D eigenvalue weighted by Gasteiger charge is -2.45. The van der Waals surface area contributed by atoms with Crippen LogP contribution < -0.4 is 26.2 Å². The summed E-state index contributed by atoms with van der Waals surface area (Å²) in [6.45, 7) is 20.8. The van der Waals surface area contributed by atoms with Gasteiger partial charge in [0.2, 0.25) is 0 Å². The summed E-state index contributed by atoms with van der Waals surface area (Å²) in [5, 5.41) is 2.28. The van der Waals surface area contributed by atoms with Crippen molar-refractivity contribution in [1.29, 1.82) is 0 Å². The van der Waals surface area contributed by atoms with Crippen LogP contribution in [0.4, 0.5) is 34.1 Å². The quantitative estimate of drug-likeness (QED) is 0.165. The number of nitrogens with zero attached hydrogens (tertiary/aromatic N) is 2. The number of fused-ring (bicyclic) bond motifs is 7. The molecule has 2 aliphatic heterocycles. The van der Waals surface area contributed by atoms with E-state index in [1.54, 1.807) is 0 Å². The molecular formula is C60H55BN2O. The number of furan rings is 1. The van der Waals surface area contributed by atoms with Gasteiger partial charge in [0, 0.05) is 44.9 Å². The minimum absolute atomic E-state index is 0.0124. The SMILES string of the molecule is CC(C)(C)c1ccc(N2c3cc(C(C)(C)C)ccc3B3c4ccc(C(C)(C)C)cc4N(c4cccc(-c5cccc6oc7ccccc7c56)c4)c4cc(-c5ccccc5)cc2c43)cc1. The average molecular weight is 831 g/mol. The summed E-state index contributed by atoms with van der Waals surface area (Å²) in [7, 11) is 0. The Morgan fingerprint density at radius 3 is 1.55 bits per heavy atom. The zero-order valence-electron chi connectivity index (χ0n) is 38.5. The maximum atomic E-state index is 6.41. The Morgan fingerprint density at radius 1 is 0.391 bits per heavy atom. The molecule has 9 aromatic rings. The summed E-state index contributed by atoms with van der Waals surface area (Å²) in [5.74, 6) is 0. The third-order valence-electron chi connectivity index (χ3n) is 13.7. The fraction of sp³-hybridized carbons (Fsp3) is 0.200. The first kappa shape index (κ1) is 40.0. The monoisotopic (exact) mass is 830 g/mol. The minimum Gasteiger partial charge on any atom is -0.456 e. The van der Waals surface area contributed by atoms with E-state index in [2.05, 4.69) is 236 Å². The molecule has 0 amide bonds. The fourth-order valence-corrected chi connectivity index (χ4v) is 10.2. The van der Waals surface area contributed by atoms with Crippen LogP contribution in [0.5, 0.6) is 0 Å². The van der Waals surface area contributed by atoms with E-state index < -0.39 is 0 Å². The van der Waals surface area contributed by atoms with E-state index in [0.717, 1.165) is 44.4 Å². The lowest BCUT2D eigenvalue weighted by atomic mass is 9.33. The van der Waals surface area contributed by atoms with Gasteiger partial charge >= 0.3 is 0 Å². The second-order valence-corrected chi connectivity index (χ2v) is 21.1. The molecule has 0 N–H and O–H groups in total. The van der Waals surface area contributed by atoms with Gasteiger partial charge in [0.05, 0.1) is 0 Å². The van der Waals surface area contributed by atoms with Crippen molar-refractivity contribution in [3.63, 3.8) is 0 Å². The van der Waals surface area contributed by atoms with Crippen LogP contribution in [0, 0.1) is 0 Å². The molecule has 0 saturated carbocycles. The molecule has 0 atom stereocenters. The van der Waals surface area contributed by atoms with Gasteiger partial charge < -0.3 is 14.2 Å². The van der Waals surface area contributed by atoms with Gasteiger partial charge in [-0.05, 0) is 132 Å². The lowest BCUT2D eigenvalue weighted by Crippen LogP contribution is -2.61. The number of hydrogen-bond acceptors (Lipinski definition) is 3. The summed E-state index contributed by atoms with van der Waals surface area (Å²) in [4.78, 5) is 5.13. The average Bonchev–Trinajstić information content (AvgIpc) is 3.67. The molecule has 11 rings (SSSR count). The van der Waals surface area contributed by atoms with Crippen LogP contribution in [0.25, 0.3) is 44.2 Å². The van der Waals surface area contributed by atoms with Crippen LogP contribution in [0.1, 0.15) is 79.0 Å². The second kappa shape index (κ2) is 14.4. The van der Waals surface area contributed by atoms with Gasteiger partial charge in [0.25, 0.3) is 6.71 Å². The Morgan fingerprint density at radius 2 is 0.922 bits per heavy atom. The molecule has 1 aromatic heterocycles. The van der Waals surface area contributed by atoms with Crippen molar-refractivity contribution in [2.45, 2.75) is 78.6 Å². The predicted octanol–water partition coefficient (Wildman–Crippen LogP) is 14.9. The number of para-hydroxylation sites is 1. The lowest BCUT2D eigenvalue weighted by molar-refractivity contribution is 0.590. The highest BCUT2D eigenvalue weighted by molar-refractivity contribution is 7.00. The molecule has 0 saturated heterocycles. The van der Waals surface area contributed by atoms with E-state index in [4.69, 9.17) is 4.42 Å². The third-order valence-corrected chi connectivity index (χ3v) is 13.7. The van der Waals surface area contributed by atoms with Gasteiger partial charge in [-0.3, -0.25) is 0 Å². The molecule has 3 nitrogen and oxygen atoms in total. The van der Waals surface area contributed by atoms with E-state index >= 15 is 0 Å². The largest absolute Gasteiger partial charge is 0.456 e. The van der Waals surface area contributed by atoms with Crippen molar-refractivity contribution < 1.29 is 4.42 Å². The second-order valence-electron chi connectivity index (χ2n) is 21.1. The van der Waals surface area contributed by atoms with Crippen LogP contribution in [0.3, 0.4) is 0 Å². The zero-order valence-corrected chi connectivity index (χ0v) is 38.5. The molecule has 2 aliphatic rings. The standard InChI is InChI=1S/C60H55BN2O/c1-58(2,3)41-25-29-44(30-26-41)62-50-36-42(59(4,5)6)27-31-48(50)61-49-32-28-43(60(7,8)9)37-51(49)63(53-35-40(34-52(62)57(53)61)38-17-11-10-12-18-38)45-20-15-19-39(33-45)46-22-16-24-55-56(46)47-21-13-14-23-54(47)64-55/h10-37H,1-9H3. The van der Waals surface area contributed by atoms with Crippen molar-refractivity contribution in [2.24, 2.45) is 0 Å². The first-order valence-corrected chi connectivity index (χ1v) is 22.9. The van der Waals surface area contributed by atoms with E-state index in [9.17, 15) is 0 Å². The van der Waals surface area contributed by atoms with Gasteiger partial charge in [0.15, 0.2) is 0 Å². The first-order chi connectivity index (χ1) is 30.6. The van der Waals surface area contributed by atoms with E-state index in [-0.39, 0.29) is 23.0 Å². The van der Waals surface area contributed by atoms with Crippen molar-refractivity contribution >= 4 is 79.2 Å². The summed E-state index contributed by atoms with van der Waals surface area (Å²) >= 11 is 0. The molecule has 314 valence electrons. The van der Waals surface area contributed by atoms with E-state index in [1.165, 1.54) is 67.0 Å². The van der Waals surface area contributed by atoms with Gasteiger partial charge in [-0.1, -0.05) is 172 Å². The van der Waals surface area contributed by atoms with E-state index in [0.29, 0.717) is 0 Å². The molecule has 3 heterocycles. The summed E-state index contributed by atoms with van der Waals surface area (Å²) < 4.78 is 6.41. The highest BCUT2D eigenvalue weighted by atomic mass is 16.3. The Balaban J connectivity index is 1.23. The number of benzene rings is 8. The maximum absolute atomic E-state index is 6.41. The van der Waals surface area contributed by atoms with Crippen molar-refractivity contribution in [2.75, 3.05) is 9.80 Å². The number of hydrogen-bond donors (Lipinski definition) is 0. The molecule has 0 fully saturated rings. The van der Waals surface area contributed by atoms with Gasteiger partial charge in [0.1, 0.15) is 11.2 Å². The Hall–Kier alpha value is -6.78. The first-order valence-electron chi connectivity index (χ1n) is 22.9. The highest BCUT2D eigenvalue weighted by Crippen LogP contribution is 2.48. The van der Waals surface area contributed by atoms with Crippen LogP contribution in [-0.4, -0.2) is 6.71 Å².